The molecule has 1 heterocycles. The molecule has 0 saturated heterocycles. The number of amides is 3. The Labute approximate surface area is 169 Å². The maximum Gasteiger partial charge on any atom is 0.257 e. The second-order valence-electron chi connectivity index (χ2n) is 6.69. The van der Waals surface area contributed by atoms with Crippen LogP contribution < -0.4 is 10.6 Å². The minimum absolute atomic E-state index is 0.142. The maximum atomic E-state index is 13.0. The molecule has 0 aromatic heterocycles. The van der Waals surface area contributed by atoms with Crippen molar-refractivity contribution in [3.63, 3.8) is 0 Å². The summed E-state index contributed by atoms with van der Waals surface area (Å²) in [6.07, 6.45) is 6.29. The predicted molar refractivity (Wildman–Crippen MR) is 113 cm³/mol. The Hall–Kier alpha value is -2.37. The molecule has 1 unspecified atom stereocenters. The van der Waals surface area contributed by atoms with E-state index in [9.17, 15) is 14.4 Å². The smallest absolute Gasteiger partial charge is 0.257 e. The molecule has 6 nitrogen and oxygen atoms in total. The number of unbranched alkanes of at least 4 members (excludes halogenated alkanes) is 3. The minimum Gasteiger partial charge on any atom is -0.384 e. The molecular weight excluding hydrogens is 354 g/mol. The van der Waals surface area contributed by atoms with Crippen LogP contribution >= 0.6 is 0 Å². The van der Waals surface area contributed by atoms with E-state index in [-0.39, 0.29) is 5.91 Å². The maximum absolute atomic E-state index is 13.0. The van der Waals surface area contributed by atoms with Crippen LogP contribution in [0.1, 0.15) is 82.1 Å². The molecule has 1 aromatic carbocycles. The topological polar surface area (TPSA) is 78.5 Å². The van der Waals surface area contributed by atoms with Gasteiger partial charge in [-0.1, -0.05) is 65.5 Å². The zero-order chi connectivity index (χ0) is 20.9. The molecule has 1 atom stereocenters. The molecule has 1 aromatic rings. The largest absolute Gasteiger partial charge is 0.384 e. The molecule has 3 amide bonds. The number of carbonyl (C=O) groups is 3. The van der Waals surface area contributed by atoms with Gasteiger partial charge in [0.25, 0.3) is 5.91 Å². The van der Waals surface area contributed by atoms with Crippen LogP contribution in [-0.4, -0.2) is 35.7 Å². The average molecular weight is 390 g/mol. The summed E-state index contributed by atoms with van der Waals surface area (Å²) in [6, 6.07) is 5.16. The van der Waals surface area contributed by atoms with Crippen LogP contribution in [0.5, 0.6) is 0 Å². The van der Waals surface area contributed by atoms with Crippen molar-refractivity contribution >= 4 is 23.9 Å². The van der Waals surface area contributed by atoms with E-state index in [1.165, 1.54) is 19.3 Å². The van der Waals surface area contributed by atoms with E-state index < -0.39 is 11.9 Å². The van der Waals surface area contributed by atoms with Crippen LogP contribution in [0.15, 0.2) is 18.2 Å². The number of fused-ring (bicyclic) bond motifs is 1. The molecule has 2 rings (SSSR count). The molecule has 1 aliphatic heterocycles. The van der Waals surface area contributed by atoms with Crippen molar-refractivity contribution in [2.24, 2.45) is 0 Å². The summed E-state index contributed by atoms with van der Waals surface area (Å²) in [4.78, 5) is 37.4. The summed E-state index contributed by atoms with van der Waals surface area (Å²) >= 11 is 0. The van der Waals surface area contributed by atoms with Crippen molar-refractivity contribution in [2.75, 3.05) is 11.9 Å². The van der Waals surface area contributed by atoms with Gasteiger partial charge in [-0.05, 0) is 24.5 Å². The SMILES string of the molecule is CC.CCCCCCNc1cccc2c1C(=O)N(C(CCC)C(=O)NC=O)C2. The highest BCUT2D eigenvalue weighted by molar-refractivity contribution is 6.06. The molecule has 0 spiro atoms. The number of rotatable bonds is 11. The van der Waals surface area contributed by atoms with Crippen molar-refractivity contribution in [3.8, 4) is 0 Å². The monoisotopic (exact) mass is 389 g/mol. The van der Waals surface area contributed by atoms with E-state index in [1.54, 1.807) is 4.90 Å². The quantitative estimate of drug-likeness (QED) is 0.441. The number of anilines is 1. The molecule has 0 radical (unpaired) electrons. The summed E-state index contributed by atoms with van der Waals surface area (Å²) in [5.74, 6) is -0.562. The van der Waals surface area contributed by atoms with E-state index in [1.807, 2.05) is 39.0 Å². The van der Waals surface area contributed by atoms with Gasteiger partial charge in [0.1, 0.15) is 6.04 Å². The van der Waals surface area contributed by atoms with Crippen LogP contribution in [0.3, 0.4) is 0 Å². The lowest BCUT2D eigenvalue weighted by Gasteiger charge is -2.25. The summed E-state index contributed by atoms with van der Waals surface area (Å²) in [7, 11) is 0. The lowest BCUT2D eigenvalue weighted by atomic mass is 10.1. The zero-order valence-corrected chi connectivity index (χ0v) is 17.7. The van der Waals surface area contributed by atoms with Crippen molar-refractivity contribution < 1.29 is 14.4 Å². The van der Waals surface area contributed by atoms with E-state index in [0.717, 1.165) is 30.6 Å². The second kappa shape index (κ2) is 12.9. The second-order valence-corrected chi connectivity index (χ2v) is 6.69. The number of carbonyl (C=O) groups excluding carboxylic acids is 3. The van der Waals surface area contributed by atoms with E-state index in [2.05, 4.69) is 17.6 Å². The molecule has 0 saturated carbocycles. The van der Waals surface area contributed by atoms with E-state index in [4.69, 9.17) is 0 Å². The number of imide groups is 1. The summed E-state index contributed by atoms with van der Waals surface area (Å²) in [6.45, 7) is 9.36. The Morgan fingerprint density at radius 3 is 2.57 bits per heavy atom. The minimum atomic E-state index is -0.623. The summed E-state index contributed by atoms with van der Waals surface area (Å²) in [5, 5.41) is 5.57. The number of benzene rings is 1. The van der Waals surface area contributed by atoms with Crippen LogP contribution in [0, 0.1) is 0 Å². The highest BCUT2D eigenvalue weighted by Gasteiger charge is 2.37. The van der Waals surface area contributed by atoms with Crippen molar-refractivity contribution in [3.05, 3.63) is 29.3 Å². The fourth-order valence-electron chi connectivity index (χ4n) is 3.41. The molecule has 2 N–H and O–H groups in total. The van der Waals surface area contributed by atoms with Gasteiger partial charge in [-0.25, -0.2) is 0 Å². The fourth-order valence-corrected chi connectivity index (χ4v) is 3.41. The van der Waals surface area contributed by atoms with Gasteiger partial charge in [0.05, 0.1) is 5.56 Å². The first-order valence-corrected chi connectivity index (χ1v) is 10.5. The van der Waals surface area contributed by atoms with Crippen molar-refractivity contribution in [2.45, 2.75) is 78.8 Å². The first-order valence-electron chi connectivity index (χ1n) is 10.5. The Morgan fingerprint density at radius 2 is 1.93 bits per heavy atom. The highest BCUT2D eigenvalue weighted by atomic mass is 16.2. The molecule has 156 valence electrons. The molecular formula is C22H35N3O3. The standard InChI is InChI=1S/C20H29N3O3.C2H6/c1-3-5-6-7-12-21-16-11-8-10-15-13-23(20(26)18(15)16)17(9-4-2)19(25)22-14-24;1-2/h8,10-11,14,17,21H,3-7,9,12-13H2,1-2H3,(H,22,24,25);1-2H3. The first kappa shape index (κ1) is 23.7. The molecule has 28 heavy (non-hydrogen) atoms. The van der Waals surface area contributed by atoms with Crippen LogP contribution in [0.25, 0.3) is 0 Å². The van der Waals surface area contributed by atoms with Gasteiger partial charge in [0.2, 0.25) is 12.3 Å². The van der Waals surface area contributed by atoms with Gasteiger partial charge in [0, 0.05) is 18.8 Å². The highest BCUT2D eigenvalue weighted by Crippen LogP contribution is 2.31. The van der Waals surface area contributed by atoms with Crippen LogP contribution in [0.2, 0.25) is 0 Å². The van der Waals surface area contributed by atoms with Crippen LogP contribution in [-0.2, 0) is 16.1 Å². The number of hydrogen-bond donors (Lipinski definition) is 2. The zero-order valence-electron chi connectivity index (χ0n) is 17.7. The van der Waals surface area contributed by atoms with Crippen LogP contribution in [0.4, 0.5) is 5.69 Å². The van der Waals surface area contributed by atoms with Crippen molar-refractivity contribution in [1.29, 1.82) is 0 Å². The molecule has 6 heteroatoms. The number of nitrogens with zero attached hydrogens (tertiary/aromatic N) is 1. The van der Waals surface area contributed by atoms with Gasteiger partial charge >= 0.3 is 0 Å². The van der Waals surface area contributed by atoms with Gasteiger partial charge < -0.3 is 10.2 Å². The van der Waals surface area contributed by atoms with Gasteiger partial charge in [-0.3, -0.25) is 19.7 Å². The van der Waals surface area contributed by atoms with E-state index >= 15 is 0 Å². The average Bonchev–Trinajstić information content (AvgIpc) is 3.04. The molecule has 1 aliphatic rings. The molecule has 0 aliphatic carbocycles. The lowest BCUT2D eigenvalue weighted by Crippen LogP contribution is -2.46. The third-order valence-electron chi connectivity index (χ3n) is 4.75. The summed E-state index contributed by atoms with van der Waals surface area (Å²) < 4.78 is 0. The fraction of sp³-hybridized carbons (Fsp3) is 0.591. The van der Waals surface area contributed by atoms with Crippen molar-refractivity contribution in [1.82, 2.24) is 10.2 Å². The van der Waals surface area contributed by atoms with E-state index in [0.29, 0.717) is 24.9 Å². The normalized spacial score (nSPS) is 13.3. The van der Waals surface area contributed by atoms with Gasteiger partial charge in [-0.15, -0.1) is 0 Å². The Morgan fingerprint density at radius 1 is 1.18 bits per heavy atom. The number of nitrogens with one attached hydrogen (secondary N) is 2. The Bertz CT molecular complexity index is 646. The first-order chi connectivity index (χ1) is 13.6. The Kier molecular flexibility index (Phi) is 10.9. The number of hydrogen-bond acceptors (Lipinski definition) is 4. The lowest BCUT2D eigenvalue weighted by molar-refractivity contribution is -0.129. The van der Waals surface area contributed by atoms with Gasteiger partial charge in [0.15, 0.2) is 0 Å². The summed E-state index contributed by atoms with van der Waals surface area (Å²) in [5.41, 5.74) is 2.41. The molecule has 0 bridgehead atoms. The third-order valence-corrected chi connectivity index (χ3v) is 4.75. The molecule has 0 fully saturated rings. The Balaban J connectivity index is 0.00000190. The predicted octanol–water partition coefficient (Wildman–Crippen LogP) is 4.10. The van der Waals surface area contributed by atoms with Gasteiger partial charge in [-0.2, -0.15) is 0 Å². The third kappa shape index (κ3) is 6.08.